The van der Waals surface area contributed by atoms with E-state index in [1.165, 1.54) is 6.07 Å². The van der Waals surface area contributed by atoms with Crippen LogP contribution in [-0.2, 0) is 21.4 Å². The van der Waals surface area contributed by atoms with E-state index in [-0.39, 0.29) is 35.0 Å². The van der Waals surface area contributed by atoms with Crippen LogP contribution >= 0.6 is 0 Å². The molecule has 0 radical (unpaired) electrons. The average Bonchev–Trinajstić information content (AvgIpc) is 3.64. The van der Waals surface area contributed by atoms with Crippen molar-refractivity contribution in [2.24, 2.45) is 10.3 Å². The Hall–Kier alpha value is -3.14. The lowest BCUT2D eigenvalue weighted by Crippen LogP contribution is -2.42. The molecule has 2 aliphatic heterocycles. The van der Waals surface area contributed by atoms with E-state index in [4.69, 9.17) is 9.47 Å². The summed E-state index contributed by atoms with van der Waals surface area (Å²) in [6, 6.07) is 11.6. The fourth-order valence-electron chi connectivity index (χ4n) is 3.99. The van der Waals surface area contributed by atoms with Crippen LogP contribution in [0, 0.1) is 11.7 Å². The molecule has 3 aliphatic rings. The van der Waals surface area contributed by atoms with Crippen molar-refractivity contribution in [2.45, 2.75) is 43.3 Å². The third-order valence-electron chi connectivity index (χ3n) is 5.94. The van der Waals surface area contributed by atoms with Gasteiger partial charge in [0.05, 0.1) is 0 Å². The summed E-state index contributed by atoms with van der Waals surface area (Å²) in [5.41, 5.74) is 1.15. The molecule has 2 aromatic carbocycles. The molecule has 8 nitrogen and oxygen atoms in total. The fraction of sp³-hybridized carbons (Fsp3) is 0.391. The highest BCUT2D eigenvalue weighted by molar-refractivity contribution is 7.90. The lowest BCUT2D eigenvalue weighted by molar-refractivity contribution is 0.0639. The standard InChI is InChI=1S/C23H24FN3O5S/c24-17-12-19(21-20(13-17)33(29,30)26-22(25-21)16-6-7-16)32-18-8-10-27(11-9-18)23(28)31-14-15-4-2-1-3-5-15/h1-5,12-13,16,18H,6-11,14H2,(H,25,26). The van der Waals surface area contributed by atoms with Crippen LogP contribution in [0.2, 0.25) is 0 Å². The van der Waals surface area contributed by atoms with E-state index in [9.17, 15) is 17.6 Å². The van der Waals surface area contributed by atoms with Crippen molar-refractivity contribution in [3.05, 3.63) is 53.8 Å². The summed E-state index contributed by atoms with van der Waals surface area (Å²) < 4.78 is 54.6. The second-order valence-corrected chi connectivity index (χ2v) is 10.0. The number of rotatable bonds is 5. The van der Waals surface area contributed by atoms with Gasteiger partial charge in [0.1, 0.15) is 40.7 Å². The number of piperidine rings is 1. The molecule has 2 fully saturated rings. The topological polar surface area (TPSA) is 97.3 Å². The minimum atomic E-state index is -4.00. The minimum absolute atomic E-state index is 0.0796. The summed E-state index contributed by atoms with van der Waals surface area (Å²) >= 11 is 0. The zero-order valence-corrected chi connectivity index (χ0v) is 18.7. The van der Waals surface area contributed by atoms with Gasteiger partial charge >= 0.3 is 6.09 Å². The van der Waals surface area contributed by atoms with Crippen LogP contribution in [0.25, 0.3) is 0 Å². The largest absolute Gasteiger partial charge is 0.488 e. The van der Waals surface area contributed by atoms with Gasteiger partial charge in [-0.25, -0.2) is 9.18 Å². The third-order valence-corrected chi connectivity index (χ3v) is 7.26. The number of hydrogen-bond acceptors (Lipinski definition) is 6. The van der Waals surface area contributed by atoms with Gasteiger partial charge in [-0.1, -0.05) is 30.3 Å². The molecule has 1 saturated carbocycles. The van der Waals surface area contributed by atoms with Crippen molar-refractivity contribution in [1.82, 2.24) is 4.90 Å². The second kappa shape index (κ2) is 8.66. The Balaban J connectivity index is 1.23. The maximum Gasteiger partial charge on any atom is 0.410 e. The maximum absolute atomic E-state index is 14.2. The number of halogens is 1. The highest BCUT2D eigenvalue weighted by Gasteiger charge is 2.37. The number of anilines is 1. The van der Waals surface area contributed by atoms with E-state index in [2.05, 4.69) is 9.71 Å². The van der Waals surface area contributed by atoms with Gasteiger partial charge in [0.2, 0.25) is 0 Å². The second-order valence-electron chi connectivity index (χ2n) is 8.47. The van der Waals surface area contributed by atoms with E-state index >= 15 is 0 Å². The Morgan fingerprint density at radius 3 is 2.55 bits per heavy atom. The molecule has 1 amide bonds. The highest BCUT2D eigenvalue weighted by Crippen LogP contribution is 2.41. The lowest BCUT2D eigenvalue weighted by atomic mass is 10.1. The van der Waals surface area contributed by atoms with Crippen LogP contribution in [0.1, 0.15) is 31.2 Å². The lowest BCUT2D eigenvalue weighted by Gasteiger charge is -2.32. The number of fused-ring (bicyclic) bond motifs is 1. The van der Waals surface area contributed by atoms with Crippen molar-refractivity contribution in [2.75, 3.05) is 18.4 Å². The van der Waals surface area contributed by atoms with E-state index in [0.717, 1.165) is 24.5 Å². The van der Waals surface area contributed by atoms with Crippen molar-refractivity contribution in [3.63, 3.8) is 0 Å². The SMILES string of the molecule is O=C(OCc1ccccc1)N1CCC(Oc2cc(F)cc3c2NC(C2CC2)=NS3(=O)=O)CC1. The Morgan fingerprint density at radius 1 is 1.12 bits per heavy atom. The zero-order valence-electron chi connectivity index (χ0n) is 17.9. The number of carbonyl (C=O) groups excluding carboxylic acids is 1. The van der Waals surface area contributed by atoms with Gasteiger partial charge in [0.25, 0.3) is 10.0 Å². The Kier molecular flexibility index (Phi) is 5.69. The van der Waals surface area contributed by atoms with Gasteiger partial charge in [0, 0.05) is 37.9 Å². The first-order valence-corrected chi connectivity index (χ1v) is 12.4. The first-order chi connectivity index (χ1) is 15.9. The third kappa shape index (κ3) is 4.80. The number of carbonyl (C=O) groups is 1. The van der Waals surface area contributed by atoms with Gasteiger partial charge in [-0.15, -0.1) is 4.40 Å². The Morgan fingerprint density at radius 2 is 1.85 bits per heavy atom. The number of nitrogens with zero attached hydrogens (tertiary/aromatic N) is 2. The number of amidine groups is 1. The number of hydrogen-bond donors (Lipinski definition) is 1. The number of ether oxygens (including phenoxy) is 2. The van der Waals surface area contributed by atoms with E-state index < -0.39 is 21.9 Å². The maximum atomic E-state index is 14.2. The molecule has 10 heteroatoms. The van der Waals surface area contributed by atoms with Crippen LogP contribution in [0.5, 0.6) is 5.75 Å². The first kappa shape index (κ1) is 21.7. The van der Waals surface area contributed by atoms with Crippen LogP contribution in [0.3, 0.4) is 0 Å². The summed E-state index contributed by atoms with van der Waals surface area (Å²) in [6.07, 6.45) is 2.09. The highest BCUT2D eigenvalue weighted by atomic mass is 32.2. The summed E-state index contributed by atoms with van der Waals surface area (Å²) in [4.78, 5) is 13.8. The molecular weight excluding hydrogens is 449 g/mol. The molecule has 0 unspecified atom stereocenters. The normalized spacial score (nSPS) is 19.8. The van der Waals surface area contributed by atoms with Crippen molar-refractivity contribution >= 4 is 27.6 Å². The van der Waals surface area contributed by atoms with Crippen molar-refractivity contribution in [3.8, 4) is 5.75 Å². The molecule has 0 aromatic heterocycles. The van der Waals surface area contributed by atoms with E-state index in [0.29, 0.717) is 31.8 Å². The minimum Gasteiger partial charge on any atom is -0.488 e. The molecule has 174 valence electrons. The molecule has 33 heavy (non-hydrogen) atoms. The smallest absolute Gasteiger partial charge is 0.410 e. The fourth-order valence-corrected chi connectivity index (χ4v) is 5.21. The van der Waals surface area contributed by atoms with Gasteiger partial charge in [-0.05, 0) is 24.5 Å². The zero-order chi connectivity index (χ0) is 23.0. The summed E-state index contributed by atoms with van der Waals surface area (Å²) in [6.45, 7) is 1.06. The van der Waals surface area contributed by atoms with Crippen molar-refractivity contribution in [1.29, 1.82) is 0 Å². The van der Waals surface area contributed by atoms with Crippen LogP contribution in [0.4, 0.5) is 14.9 Å². The van der Waals surface area contributed by atoms with E-state index in [1.54, 1.807) is 4.90 Å². The molecule has 0 atom stereocenters. The Bertz CT molecular complexity index is 1190. The number of likely N-dealkylation sites (tertiary alicyclic amines) is 1. The van der Waals surface area contributed by atoms with Gasteiger partial charge in [0.15, 0.2) is 0 Å². The molecule has 1 aliphatic carbocycles. The number of sulfonamides is 1. The molecule has 2 heterocycles. The quantitative estimate of drug-likeness (QED) is 0.707. The van der Waals surface area contributed by atoms with Crippen LogP contribution in [0.15, 0.2) is 51.8 Å². The predicted molar refractivity (Wildman–Crippen MR) is 119 cm³/mol. The van der Waals surface area contributed by atoms with Gasteiger partial charge in [-0.2, -0.15) is 8.42 Å². The van der Waals surface area contributed by atoms with E-state index in [1.807, 2.05) is 30.3 Å². The molecule has 1 N–H and O–H groups in total. The molecular formula is C23H24FN3O5S. The average molecular weight is 474 g/mol. The van der Waals surface area contributed by atoms with Gasteiger partial charge < -0.3 is 19.7 Å². The van der Waals surface area contributed by atoms with Crippen LogP contribution < -0.4 is 10.1 Å². The Labute approximate surface area is 191 Å². The molecule has 0 spiro atoms. The first-order valence-electron chi connectivity index (χ1n) is 11.0. The molecule has 2 aromatic rings. The molecule has 0 bridgehead atoms. The summed E-state index contributed by atoms with van der Waals surface area (Å²) in [5, 5.41) is 3.05. The number of amides is 1. The number of nitrogens with one attached hydrogen (secondary N) is 1. The summed E-state index contributed by atoms with van der Waals surface area (Å²) in [5.74, 6) is -0.0984. The van der Waals surface area contributed by atoms with Crippen LogP contribution in [-0.4, -0.2) is 44.4 Å². The van der Waals surface area contributed by atoms with Gasteiger partial charge in [-0.3, -0.25) is 0 Å². The van der Waals surface area contributed by atoms with Crippen molar-refractivity contribution < 1.29 is 27.1 Å². The molecule has 5 rings (SSSR count). The predicted octanol–water partition coefficient (Wildman–Crippen LogP) is 3.93. The summed E-state index contributed by atoms with van der Waals surface area (Å²) in [7, 11) is -4.00. The molecule has 1 saturated heterocycles. The number of benzene rings is 2. The monoisotopic (exact) mass is 473 g/mol.